The first kappa shape index (κ1) is 9.56. The second-order valence-electron chi connectivity index (χ2n) is 2.35. The Balaban J connectivity index is 3.01. The molecule has 13 heavy (non-hydrogen) atoms. The number of hydrogen-bond acceptors (Lipinski definition) is 3. The van der Waals surface area contributed by atoms with Gasteiger partial charge in [0.15, 0.2) is 0 Å². The third-order valence-corrected chi connectivity index (χ3v) is 1.65. The standard InChI is InChI=1S/C9H6ClNO2/c1-6(12)13-8-2-3-9(10)7(4-8)5-11/h2-4H,1H3. The maximum absolute atomic E-state index is 10.6. The largest absolute Gasteiger partial charge is 0.427 e. The molecule has 0 aliphatic heterocycles. The van der Waals surface area contributed by atoms with Crippen LogP contribution in [-0.2, 0) is 4.79 Å². The summed E-state index contributed by atoms with van der Waals surface area (Å²) in [4.78, 5) is 10.6. The van der Waals surface area contributed by atoms with E-state index in [1.807, 2.05) is 6.07 Å². The van der Waals surface area contributed by atoms with Crippen LogP contribution in [0.25, 0.3) is 0 Å². The fourth-order valence-electron chi connectivity index (χ4n) is 0.820. The number of halogens is 1. The lowest BCUT2D eigenvalue weighted by atomic mass is 10.2. The van der Waals surface area contributed by atoms with E-state index in [4.69, 9.17) is 21.6 Å². The highest BCUT2D eigenvalue weighted by Crippen LogP contribution is 2.21. The van der Waals surface area contributed by atoms with E-state index in [0.717, 1.165) is 0 Å². The average Bonchev–Trinajstić information content (AvgIpc) is 2.07. The molecule has 0 spiro atoms. The first-order chi connectivity index (χ1) is 6.13. The number of hydrogen-bond donors (Lipinski definition) is 0. The molecule has 66 valence electrons. The van der Waals surface area contributed by atoms with Gasteiger partial charge in [-0.25, -0.2) is 0 Å². The van der Waals surface area contributed by atoms with Crippen LogP contribution >= 0.6 is 11.6 Å². The van der Waals surface area contributed by atoms with Crippen LogP contribution in [0.2, 0.25) is 5.02 Å². The van der Waals surface area contributed by atoms with Crippen molar-refractivity contribution in [3.63, 3.8) is 0 Å². The SMILES string of the molecule is CC(=O)Oc1ccc(Cl)c(C#N)c1. The Kier molecular flexibility index (Phi) is 2.88. The first-order valence-corrected chi connectivity index (χ1v) is 3.89. The van der Waals surface area contributed by atoms with E-state index in [1.54, 1.807) is 0 Å². The summed E-state index contributed by atoms with van der Waals surface area (Å²) in [5, 5.41) is 8.95. The molecule has 0 aliphatic carbocycles. The molecule has 0 atom stereocenters. The monoisotopic (exact) mass is 195 g/mol. The van der Waals surface area contributed by atoms with Crippen LogP contribution in [0.3, 0.4) is 0 Å². The van der Waals surface area contributed by atoms with Gasteiger partial charge in [0.25, 0.3) is 0 Å². The lowest BCUT2D eigenvalue weighted by Gasteiger charge is -2.01. The highest BCUT2D eigenvalue weighted by Gasteiger charge is 2.03. The Hall–Kier alpha value is -1.53. The van der Waals surface area contributed by atoms with Gasteiger partial charge >= 0.3 is 5.97 Å². The minimum Gasteiger partial charge on any atom is -0.427 e. The van der Waals surface area contributed by atoms with Crippen molar-refractivity contribution in [3.05, 3.63) is 28.8 Å². The van der Waals surface area contributed by atoms with Gasteiger partial charge in [0.2, 0.25) is 0 Å². The summed E-state index contributed by atoms with van der Waals surface area (Å²) in [7, 11) is 0. The molecule has 0 saturated heterocycles. The quantitative estimate of drug-likeness (QED) is 0.510. The van der Waals surface area contributed by atoms with E-state index >= 15 is 0 Å². The van der Waals surface area contributed by atoms with Gasteiger partial charge in [-0.15, -0.1) is 0 Å². The zero-order chi connectivity index (χ0) is 9.84. The number of esters is 1. The molecule has 0 saturated carbocycles. The summed E-state index contributed by atoms with van der Waals surface area (Å²) in [6, 6.07) is 6.35. The zero-order valence-electron chi connectivity index (χ0n) is 6.87. The Morgan fingerprint density at radius 3 is 2.85 bits per heavy atom. The molecule has 1 rings (SSSR count). The minimum atomic E-state index is -0.425. The zero-order valence-corrected chi connectivity index (χ0v) is 7.63. The molecular formula is C9H6ClNO2. The van der Waals surface area contributed by atoms with Gasteiger partial charge in [-0.2, -0.15) is 5.26 Å². The smallest absolute Gasteiger partial charge is 0.308 e. The average molecular weight is 196 g/mol. The second-order valence-corrected chi connectivity index (χ2v) is 2.75. The van der Waals surface area contributed by atoms with E-state index in [0.29, 0.717) is 16.3 Å². The molecule has 0 N–H and O–H groups in total. The summed E-state index contributed by atoms with van der Waals surface area (Å²) in [6.45, 7) is 1.29. The molecule has 0 aliphatic rings. The van der Waals surface area contributed by atoms with Crippen molar-refractivity contribution in [2.75, 3.05) is 0 Å². The molecule has 0 amide bonds. The number of carbonyl (C=O) groups is 1. The van der Waals surface area contributed by atoms with E-state index in [2.05, 4.69) is 0 Å². The number of benzene rings is 1. The van der Waals surface area contributed by atoms with Crippen molar-refractivity contribution in [1.29, 1.82) is 5.26 Å². The molecule has 3 nitrogen and oxygen atoms in total. The lowest BCUT2D eigenvalue weighted by molar-refractivity contribution is -0.131. The molecule has 0 radical (unpaired) electrons. The van der Waals surface area contributed by atoms with Crippen LogP contribution in [0.1, 0.15) is 12.5 Å². The summed E-state index contributed by atoms with van der Waals surface area (Å²) < 4.78 is 4.76. The number of carbonyl (C=O) groups excluding carboxylic acids is 1. The first-order valence-electron chi connectivity index (χ1n) is 3.51. The van der Waals surface area contributed by atoms with Gasteiger partial charge in [-0.1, -0.05) is 11.6 Å². The third-order valence-electron chi connectivity index (χ3n) is 1.32. The van der Waals surface area contributed by atoms with Crippen molar-refractivity contribution in [1.82, 2.24) is 0 Å². The molecule has 0 unspecified atom stereocenters. The maximum Gasteiger partial charge on any atom is 0.308 e. The van der Waals surface area contributed by atoms with Crippen LogP contribution in [0, 0.1) is 11.3 Å². The number of nitrogens with zero attached hydrogens (tertiary/aromatic N) is 1. The highest BCUT2D eigenvalue weighted by molar-refractivity contribution is 6.31. The molecule has 4 heteroatoms. The molecule has 0 bridgehead atoms. The molecule has 0 heterocycles. The Bertz CT molecular complexity index is 382. The maximum atomic E-state index is 10.6. The molecular weight excluding hydrogens is 190 g/mol. The molecule has 0 fully saturated rings. The number of nitriles is 1. The fraction of sp³-hybridized carbons (Fsp3) is 0.111. The van der Waals surface area contributed by atoms with Gasteiger partial charge < -0.3 is 4.74 Å². The predicted octanol–water partition coefficient (Wildman–Crippen LogP) is 2.14. The summed E-state index contributed by atoms with van der Waals surface area (Å²) in [5.74, 6) is -0.0975. The number of ether oxygens (including phenoxy) is 1. The Morgan fingerprint density at radius 1 is 1.62 bits per heavy atom. The van der Waals surface area contributed by atoms with Crippen LogP contribution < -0.4 is 4.74 Å². The van der Waals surface area contributed by atoms with E-state index < -0.39 is 5.97 Å². The summed E-state index contributed by atoms with van der Waals surface area (Å²) in [5.41, 5.74) is 0.292. The normalized spacial score (nSPS) is 9.00. The van der Waals surface area contributed by atoms with Crippen LogP contribution in [0.5, 0.6) is 5.75 Å². The lowest BCUT2D eigenvalue weighted by Crippen LogP contribution is -2.01. The van der Waals surface area contributed by atoms with Gasteiger partial charge in [-0.05, 0) is 12.1 Å². The van der Waals surface area contributed by atoms with E-state index in [9.17, 15) is 4.79 Å². The van der Waals surface area contributed by atoms with Crippen LogP contribution in [0.4, 0.5) is 0 Å². The number of rotatable bonds is 1. The molecule has 0 aromatic heterocycles. The fourth-order valence-corrected chi connectivity index (χ4v) is 0.979. The van der Waals surface area contributed by atoms with Gasteiger partial charge in [0.1, 0.15) is 11.8 Å². The van der Waals surface area contributed by atoms with Crippen molar-refractivity contribution >= 4 is 17.6 Å². The van der Waals surface area contributed by atoms with E-state index in [-0.39, 0.29) is 0 Å². The predicted molar refractivity (Wildman–Crippen MR) is 47.5 cm³/mol. The highest BCUT2D eigenvalue weighted by atomic mass is 35.5. The second kappa shape index (κ2) is 3.92. The minimum absolute atomic E-state index is 0.292. The van der Waals surface area contributed by atoms with E-state index in [1.165, 1.54) is 25.1 Å². The van der Waals surface area contributed by atoms with Crippen LogP contribution in [0.15, 0.2) is 18.2 Å². The van der Waals surface area contributed by atoms with Gasteiger partial charge in [0.05, 0.1) is 10.6 Å². The molecule has 1 aromatic rings. The summed E-state index contributed by atoms with van der Waals surface area (Å²) in [6.07, 6.45) is 0. The topological polar surface area (TPSA) is 50.1 Å². The summed E-state index contributed by atoms with van der Waals surface area (Å²) >= 11 is 5.67. The Morgan fingerprint density at radius 2 is 2.31 bits per heavy atom. The molecule has 1 aromatic carbocycles. The van der Waals surface area contributed by atoms with Crippen molar-refractivity contribution < 1.29 is 9.53 Å². The van der Waals surface area contributed by atoms with Gasteiger partial charge in [0, 0.05) is 13.0 Å². The van der Waals surface area contributed by atoms with Gasteiger partial charge in [-0.3, -0.25) is 4.79 Å². The third kappa shape index (κ3) is 2.46. The van der Waals surface area contributed by atoms with Crippen LogP contribution in [-0.4, -0.2) is 5.97 Å². The van der Waals surface area contributed by atoms with Crippen molar-refractivity contribution in [3.8, 4) is 11.8 Å². The van der Waals surface area contributed by atoms with Crippen molar-refractivity contribution in [2.45, 2.75) is 6.92 Å². The van der Waals surface area contributed by atoms with Crippen molar-refractivity contribution in [2.24, 2.45) is 0 Å². The Labute approximate surface area is 80.5 Å².